The average molecular weight is 394 g/mol. The lowest BCUT2D eigenvalue weighted by Crippen LogP contribution is -2.34. The zero-order valence-corrected chi connectivity index (χ0v) is 15.6. The van der Waals surface area contributed by atoms with Gasteiger partial charge in [-0.05, 0) is 46.1 Å². The Morgan fingerprint density at radius 2 is 1.96 bits per heavy atom. The zero-order chi connectivity index (χ0) is 17.7. The second-order valence-electron chi connectivity index (χ2n) is 6.02. The van der Waals surface area contributed by atoms with E-state index in [1.807, 2.05) is 13.8 Å². The average Bonchev–Trinajstić information content (AvgIpc) is 2.55. The van der Waals surface area contributed by atoms with Gasteiger partial charge in [0.2, 0.25) is 0 Å². The largest absolute Gasteiger partial charge is 0.496 e. The molecular weight excluding hydrogens is 373 g/mol. The molecule has 0 bridgehead atoms. The van der Waals surface area contributed by atoms with E-state index >= 15 is 0 Å². The molecule has 0 spiro atoms. The van der Waals surface area contributed by atoms with Gasteiger partial charge in [-0.2, -0.15) is 0 Å². The Morgan fingerprint density at radius 1 is 1.25 bits per heavy atom. The minimum atomic E-state index is -0.299. The van der Waals surface area contributed by atoms with Gasteiger partial charge in [-0.3, -0.25) is 4.79 Å². The number of carbonyl (C=O) groups is 1. The number of amides is 1. The number of nitrogens with zero attached hydrogens (tertiary/aromatic N) is 1. The van der Waals surface area contributed by atoms with E-state index < -0.39 is 0 Å². The van der Waals surface area contributed by atoms with Crippen LogP contribution in [-0.2, 0) is 6.54 Å². The Hall–Kier alpha value is -1.88. The summed E-state index contributed by atoms with van der Waals surface area (Å²) in [5, 5.41) is 0. The lowest BCUT2D eigenvalue weighted by Gasteiger charge is -2.25. The predicted molar refractivity (Wildman–Crippen MR) is 96.7 cm³/mol. The van der Waals surface area contributed by atoms with Crippen molar-refractivity contribution in [3.63, 3.8) is 0 Å². The number of hydrogen-bond acceptors (Lipinski definition) is 2. The first-order valence-corrected chi connectivity index (χ1v) is 8.58. The van der Waals surface area contributed by atoms with Gasteiger partial charge in [-0.15, -0.1) is 0 Å². The molecule has 0 aliphatic rings. The number of halogens is 2. The summed E-state index contributed by atoms with van der Waals surface area (Å²) in [5.74, 6) is 0.430. The highest BCUT2D eigenvalue weighted by Gasteiger charge is 2.19. The first-order chi connectivity index (χ1) is 11.4. The summed E-state index contributed by atoms with van der Waals surface area (Å²) < 4.78 is 20.0. The molecule has 24 heavy (non-hydrogen) atoms. The topological polar surface area (TPSA) is 29.5 Å². The third kappa shape index (κ3) is 4.57. The Kier molecular flexibility index (Phi) is 6.37. The van der Waals surface area contributed by atoms with Crippen molar-refractivity contribution in [2.75, 3.05) is 13.7 Å². The van der Waals surface area contributed by atoms with Crippen molar-refractivity contribution in [3.8, 4) is 5.75 Å². The fourth-order valence-electron chi connectivity index (χ4n) is 2.47. The molecule has 128 valence electrons. The molecule has 0 atom stereocenters. The van der Waals surface area contributed by atoms with E-state index in [1.54, 1.807) is 48.4 Å². The molecule has 0 N–H and O–H groups in total. The highest BCUT2D eigenvalue weighted by Crippen LogP contribution is 2.26. The Balaban J connectivity index is 2.30. The van der Waals surface area contributed by atoms with Gasteiger partial charge in [-0.1, -0.05) is 32.0 Å². The fraction of sp³-hybridized carbons (Fsp3) is 0.316. The standard InChI is InChI=1S/C19H21BrFNO2/c1-13(2)11-22(12-15-6-4-5-7-17(15)21)19(23)14-8-9-16(20)18(10-14)24-3/h4-10,13H,11-12H2,1-3H3. The number of carbonyl (C=O) groups excluding carboxylic acids is 1. The van der Waals surface area contributed by atoms with Crippen LogP contribution in [0.1, 0.15) is 29.8 Å². The number of hydrogen-bond donors (Lipinski definition) is 0. The molecule has 0 aromatic heterocycles. The van der Waals surface area contributed by atoms with Crippen LogP contribution in [0.3, 0.4) is 0 Å². The molecule has 0 heterocycles. The van der Waals surface area contributed by atoms with Crippen molar-refractivity contribution in [2.24, 2.45) is 5.92 Å². The molecule has 0 aliphatic carbocycles. The molecule has 0 saturated heterocycles. The zero-order valence-electron chi connectivity index (χ0n) is 14.1. The van der Waals surface area contributed by atoms with Gasteiger partial charge in [0.05, 0.1) is 11.6 Å². The van der Waals surface area contributed by atoms with Crippen LogP contribution in [0, 0.1) is 11.7 Å². The summed E-state index contributed by atoms with van der Waals surface area (Å²) >= 11 is 3.38. The van der Waals surface area contributed by atoms with Crippen molar-refractivity contribution >= 4 is 21.8 Å². The lowest BCUT2D eigenvalue weighted by atomic mass is 10.1. The van der Waals surface area contributed by atoms with E-state index in [-0.39, 0.29) is 24.2 Å². The van der Waals surface area contributed by atoms with Crippen LogP contribution in [0.4, 0.5) is 4.39 Å². The van der Waals surface area contributed by atoms with E-state index in [4.69, 9.17) is 4.74 Å². The normalized spacial score (nSPS) is 10.8. The molecule has 0 aliphatic heterocycles. The number of ether oxygens (including phenoxy) is 1. The van der Waals surface area contributed by atoms with E-state index in [2.05, 4.69) is 15.9 Å². The summed E-state index contributed by atoms with van der Waals surface area (Å²) in [7, 11) is 1.56. The van der Waals surface area contributed by atoms with E-state index in [0.29, 0.717) is 23.4 Å². The second kappa shape index (κ2) is 8.29. The Morgan fingerprint density at radius 3 is 2.58 bits per heavy atom. The lowest BCUT2D eigenvalue weighted by molar-refractivity contribution is 0.0720. The van der Waals surface area contributed by atoms with Crippen molar-refractivity contribution in [1.29, 1.82) is 0 Å². The van der Waals surface area contributed by atoms with Gasteiger partial charge in [0.1, 0.15) is 11.6 Å². The molecule has 2 aromatic rings. The quantitative estimate of drug-likeness (QED) is 0.698. The first-order valence-electron chi connectivity index (χ1n) is 7.78. The van der Waals surface area contributed by atoms with E-state index in [9.17, 15) is 9.18 Å². The van der Waals surface area contributed by atoms with Gasteiger partial charge in [-0.25, -0.2) is 4.39 Å². The highest BCUT2D eigenvalue weighted by atomic mass is 79.9. The molecule has 2 aromatic carbocycles. The maximum atomic E-state index is 14.0. The van der Waals surface area contributed by atoms with Crippen molar-refractivity contribution < 1.29 is 13.9 Å². The van der Waals surface area contributed by atoms with Crippen LogP contribution in [0.25, 0.3) is 0 Å². The maximum absolute atomic E-state index is 14.0. The summed E-state index contributed by atoms with van der Waals surface area (Å²) in [6, 6.07) is 11.8. The van der Waals surface area contributed by atoms with Gasteiger partial charge < -0.3 is 9.64 Å². The molecule has 1 amide bonds. The minimum absolute atomic E-state index is 0.141. The van der Waals surface area contributed by atoms with Crippen LogP contribution in [0.5, 0.6) is 5.75 Å². The van der Waals surface area contributed by atoms with Crippen LogP contribution in [0.15, 0.2) is 46.9 Å². The number of methoxy groups -OCH3 is 1. The summed E-state index contributed by atoms with van der Waals surface area (Å²) in [6.45, 7) is 4.85. The smallest absolute Gasteiger partial charge is 0.254 e. The molecule has 2 rings (SSSR count). The summed E-state index contributed by atoms with van der Waals surface area (Å²) in [6.07, 6.45) is 0. The van der Waals surface area contributed by atoms with Gasteiger partial charge >= 0.3 is 0 Å². The number of benzene rings is 2. The first kappa shape index (κ1) is 18.5. The van der Waals surface area contributed by atoms with E-state index in [1.165, 1.54) is 6.07 Å². The molecule has 0 fully saturated rings. The molecular formula is C19H21BrFNO2. The van der Waals surface area contributed by atoms with Gasteiger partial charge in [0.25, 0.3) is 5.91 Å². The third-order valence-electron chi connectivity index (χ3n) is 3.59. The Bertz CT molecular complexity index is 718. The second-order valence-corrected chi connectivity index (χ2v) is 6.87. The molecule has 0 radical (unpaired) electrons. The highest BCUT2D eigenvalue weighted by molar-refractivity contribution is 9.10. The van der Waals surface area contributed by atoms with Crippen LogP contribution >= 0.6 is 15.9 Å². The maximum Gasteiger partial charge on any atom is 0.254 e. The monoisotopic (exact) mass is 393 g/mol. The molecule has 0 saturated carbocycles. The van der Waals surface area contributed by atoms with Crippen LogP contribution in [-0.4, -0.2) is 24.5 Å². The number of rotatable bonds is 6. The van der Waals surface area contributed by atoms with E-state index in [0.717, 1.165) is 4.47 Å². The van der Waals surface area contributed by atoms with Gasteiger partial charge in [0.15, 0.2) is 0 Å². The van der Waals surface area contributed by atoms with Crippen LogP contribution in [0.2, 0.25) is 0 Å². The Labute approximate surface area is 150 Å². The molecule has 3 nitrogen and oxygen atoms in total. The summed E-state index contributed by atoms with van der Waals surface area (Å²) in [5.41, 5.74) is 1.03. The van der Waals surface area contributed by atoms with Crippen molar-refractivity contribution in [1.82, 2.24) is 4.90 Å². The summed E-state index contributed by atoms with van der Waals surface area (Å²) in [4.78, 5) is 14.6. The SMILES string of the molecule is COc1cc(C(=O)N(Cc2ccccc2F)CC(C)C)ccc1Br. The predicted octanol–water partition coefficient (Wildman–Crippen LogP) is 4.90. The molecule has 0 unspecified atom stereocenters. The van der Waals surface area contributed by atoms with Crippen molar-refractivity contribution in [2.45, 2.75) is 20.4 Å². The molecule has 5 heteroatoms. The van der Waals surface area contributed by atoms with Crippen LogP contribution < -0.4 is 4.74 Å². The third-order valence-corrected chi connectivity index (χ3v) is 4.24. The fourth-order valence-corrected chi connectivity index (χ4v) is 2.88. The van der Waals surface area contributed by atoms with Gasteiger partial charge in [0, 0.05) is 24.2 Å². The minimum Gasteiger partial charge on any atom is -0.496 e. The van der Waals surface area contributed by atoms with Crippen molar-refractivity contribution in [3.05, 3.63) is 63.9 Å².